The van der Waals surface area contributed by atoms with E-state index in [9.17, 15) is 9.59 Å². The molecule has 0 bridgehead atoms. The normalized spacial score (nSPS) is 11.7. The zero-order valence-corrected chi connectivity index (χ0v) is 19.7. The van der Waals surface area contributed by atoms with Crippen LogP contribution in [0.2, 0.25) is 0 Å². The second-order valence-corrected chi connectivity index (χ2v) is 9.74. The minimum Gasteiger partial charge on any atom is -0.456 e. The predicted octanol–water partition coefficient (Wildman–Crippen LogP) is 7.13. The van der Waals surface area contributed by atoms with Crippen molar-refractivity contribution in [3.8, 4) is 11.3 Å². The van der Waals surface area contributed by atoms with Crippen molar-refractivity contribution >= 4 is 22.6 Å². The Kier molecular flexibility index (Phi) is 5.94. The van der Waals surface area contributed by atoms with Crippen molar-refractivity contribution in [2.75, 3.05) is 5.32 Å². The van der Waals surface area contributed by atoms with Crippen LogP contribution in [0.15, 0.2) is 82.0 Å². The second-order valence-electron chi connectivity index (χ2n) is 9.74. The maximum Gasteiger partial charge on any atom is 0.255 e. The van der Waals surface area contributed by atoms with Crippen molar-refractivity contribution in [2.45, 2.75) is 46.0 Å². The van der Waals surface area contributed by atoms with Gasteiger partial charge in [-0.25, -0.2) is 0 Å². The summed E-state index contributed by atoms with van der Waals surface area (Å²) in [6.07, 6.45) is 0. The second kappa shape index (κ2) is 8.70. The lowest BCUT2D eigenvalue weighted by molar-refractivity contribution is 0.102. The maximum atomic E-state index is 12.8. The summed E-state index contributed by atoms with van der Waals surface area (Å²) in [6, 6.07) is 22.3. The third-order valence-electron chi connectivity index (χ3n) is 5.86. The molecular weight excluding hydrogens is 410 g/mol. The molecule has 4 aromatic rings. The summed E-state index contributed by atoms with van der Waals surface area (Å²) in [5.41, 5.74) is 4.73. The molecule has 0 unspecified atom stereocenters. The fourth-order valence-corrected chi connectivity index (χ4v) is 3.73. The highest BCUT2D eigenvalue weighted by atomic mass is 16.3. The molecule has 0 radical (unpaired) electrons. The molecule has 1 heterocycles. The van der Waals surface area contributed by atoms with Gasteiger partial charge in [0.15, 0.2) is 5.43 Å². The molecule has 33 heavy (non-hydrogen) atoms. The molecular formula is C29H29NO3. The lowest BCUT2D eigenvalue weighted by Gasteiger charge is -2.19. The zero-order chi connectivity index (χ0) is 23.8. The van der Waals surface area contributed by atoms with Crippen LogP contribution in [0.1, 0.15) is 62.0 Å². The number of hydrogen-bond donors (Lipinski definition) is 1. The Hall–Kier alpha value is -3.66. The van der Waals surface area contributed by atoms with Crippen LogP contribution in [0.3, 0.4) is 0 Å². The molecule has 1 amide bonds. The van der Waals surface area contributed by atoms with Crippen LogP contribution in [0.5, 0.6) is 0 Å². The fraction of sp³-hybridized carbons (Fsp3) is 0.241. The van der Waals surface area contributed by atoms with Crippen molar-refractivity contribution in [1.82, 2.24) is 0 Å². The molecule has 4 nitrogen and oxygen atoms in total. The van der Waals surface area contributed by atoms with Crippen LogP contribution in [-0.2, 0) is 5.41 Å². The van der Waals surface area contributed by atoms with E-state index in [0.717, 1.165) is 11.1 Å². The van der Waals surface area contributed by atoms with Crippen LogP contribution in [0, 0.1) is 0 Å². The van der Waals surface area contributed by atoms with Gasteiger partial charge in [-0.3, -0.25) is 9.59 Å². The topological polar surface area (TPSA) is 59.3 Å². The molecule has 0 atom stereocenters. The van der Waals surface area contributed by atoms with Crippen LogP contribution in [0.4, 0.5) is 5.69 Å². The van der Waals surface area contributed by atoms with Crippen molar-refractivity contribution in [2.24, 2.45) is 0 Å². The Balaban J connectivity index is 1.58. The number of benzene rings is 3. The number of hydrogen-bond acceptors (Lipinski definition) is 3. The summed E-state index contributed by atoms with van der Waals surface area (Å²) in [5.74, 6) is 0.743. The van der Waals surface area contributed by atoms with Gasteiger partial charge in [-0.15, -0.1) is 0 Å². The Morgan fingerprint density at radius 3 is 2.15 bits per heavy atom. The van der Waals surface area contributed by atoms with Crippen molar-refractivity contribution < 1.29 is 9.21 Å². The van der Waals surface area contributed by atoms with Gasteiger partial charge in [0.1, 0.15) is 11.3 Å². The van der Waals surface area contributed by atoms with E-state index in [1.165, 1.54) is 11.6 Å². The van der Waals surface area contributed by atoms with Gasteiger partial charge in [0.05, 0.1) is 5.39 Å². The number of amides is 1. The van der Waals surface area contributed by atoms with Gasteiger partial charge in [-0.2, -0.15) is 0 Å². The predicted molar refractivity (Wildman–Crippen MR) is 135 cm³/mol. The first kappa shape index (κ1) is 22.5. The summed E-state index contributed by atoms with van der Waals surface area (Å²) in [6.45, 7) is 10.7. The van der Waals surface area contributed by atoms with E-state index in [0.29, 0.717) is 33.9 Å². The number of carbonyl (C=O) groups is 1. The first-order chi connectivity index (χ1) is 15.6. The lowest BCUT2D eigenvalue weighted by atomic mass is 9.87. The van der Waals surface area contributed by atoms with E-state index in [-0.39, 0.29) is 16.8 Å². The smallest absolute Gasteiger partial charge is 0.255 e. The number of carbonyl (C=O) groups excluding carboxylic acids is 1. The highest BCUT2D eigenvalue weighted by Gasteiger charge is 2.15. The number of fused-ring (bicyclic) bond motifs is 1. The van der Waals surface area contributed by atoms with Gasteiger partial charge in [0, 0.05) is 22.9 Å². The SMILES string of the molecule is CC(C)c1ccc(-c2cc(=O)c3cc(NC(=O)c4ccc(C(C)(C)C)cc4)ccc3o2)cc1. The summed E-state index contributed by atoms with van der Waals surface area (Å²) in [7, 11) is 0. The summed E-state index contributed by atoms with van der Waals surface area (Å²) < 4.78 is 6.01. The molecule has 0 fully saturated rings. The number of rotatable bonds is 4. The van der Waals surface area contributed by atoms with Gasteiger partial charge in [-0.1, -0.05) is 71.0 Å². The van der Waals surface area contributed by atoms with E-state index >= 15 is 0 Å². The molecule has 3 aromatic carbocycles. The molecule has 0 aliphatic heterocycles. The third kappa shape index (κ3) is 4.90. The molecule has 4 rings (SSSR count). The minimum atomic E-state index is -0.221. The van der Waals surface area contributed by atoms with E-state index in [2.05, 4.69) is 52.1 Å². The molecule has 4 heteroatoms. The third-order valence-corrected chi connectivity index (χ3v) is 5.86. The van der Waals surface area contributed by atoms with Gasteiger partial charge < -0.3 is 9.73 Å². The van der Waals surface area contributed by atoms with Gasteiger partial charge in [0.2, 0.25) is 0 Å². The molecule has 0 spiro atoms. The number of nitrogens with one attached hydrogen (secondary N) is 1. The fourth-order valence-electron chi connectivity index (χ4n) is 3.73. The molecule has 0 aliphatic rings. The highest BCUT2D eigenvalue weighted by molar-refractivity contribution is 6.05. The molecule has 0 aliphatic carbocycles. The summed E-state index contributed by atoms with van der Waals surface area (Å²) in [5, 5.41) is 3.31. The van der Waals surface area contributed by atoms with Crippen molar-refractivity contribution in [3.63, 3.8) is 0 Å². The molecule has 168 valence electrons. The Labute approximate surface area is 194 Å². The average Bonchev–Trinajstić information content (AvgIpc) is 2.79. The quantitative estimate of drug-likeness (QED) is 0.368. The first-order valence-corrected chi connectivity index (χ1v) is 11.2. The van der Waals surface area contributed by atoms with Crippen molar-refractivity contribution in [1.29, 1.82) is 0 Å². The minimum absolute atomic E-state index is 0.0245. The average molecular weight is 440 g/mol. The molecule has 1 aromatic heterocycles. The van der Waals surface area contributed by atoms with E-state index < -0.39 is 0 Å². The maximum absolute atomic E-state index is 12.8. The van der Waals surface area contributed by atoms with Crippen LogP contribution in [0.25, 0.3) is 22.3 Å². The van der Waals surface area contributed by atoms with E-state index in [4.69, 9.17) is 4.42 Å². The standard InChI is InChI=1S/C29H29NO3/c1-18(2)19-6-8-20(9-7-19)27-17-25(31)24-16-23(14-15-26(24)33-27)30-28(32)21-10-12-22(13-11-21)29(3,4)5/h6-18H,1-5H3,(H,30,32). The van der Waals surface area contributed by atoms with E-state index in [1.807, 2.05) is 36.4 Å². The monoisotopic (exact) mass is 439 g/mol. The molecule has 1 N–H and O–H groups in total. The first-order valence-electron chi connectivity index (χ1n) is 11.2. The lowest BCUT2D eigenvalue weighted by Crippen LogP contribution is -2.14. The summed E-state index contributed by atoms with van der Waals surface area (Å²) >= 11 is 0. The zero-order valence-electron chi connectivity index (χ0n) is 19.7. The Morgan fingerprint density at radius 1 is 0.879 bits per heavy atom. The van der Waals surface area contributed by atoms with Gasteiger partial charge >= 0.3 is 0 Å². The van der Waals surface area contributed by atoms with Gasteiger partial charge in [0.25, 0.3) is 5.91 Å². The summed E-state index contributed by atoms with van der Waals surface area (Å²) in [4.78, 5) is 25.5. The number of anilines is 1. The van der Waals surface area contributed by atoms with Gasteiger partial charge in [-0.05, 0) is 52.8 Å². The molecule has 0 saturated heterocycles. The van der Waals surface area contributed by atoms with E-state index in [1.54, 1.807) is 18.2 Å². The van der Waals surface area contributed by atoms with Crippen LogP contribution >= 0.6 is 0 Å². The van der Waals surface area contributed by atoms with Crippen molar-refractivity contribution in [3.05, 3.63) is 99.7 Å². The molecule has 0 saturated carbocycles. The largest absolute Gasteiger partial charge is 0.456 e. The Morgan fingerprint density at radius 2 is 1.55 bits per heavy atom. The Bertz CT molecular complexity index is 1360. The van der Waals surface area contributed by atoms with Crippen LogP contribution < -0.4 is 10.7 Å². The van der Waals surface area contributed by atoms with Crippen LogP contribution in [-0.4, -0.2) is 5.91 Å². The highest BCUT2D eigenvalue weighted by Crippen LogP contribution is 2.26.